The molecule has 66 valence electrons. The van der Waals surface area contributed by atoms with Gasteiger partial charge in [0, 0.05) is 11.8 Å². The Morgan fingerprint density at radius 1 is 1.33 bits per heavy atom. The maximum Gasteiger partial charge on any atom is 0.224 e. The lowest BCUT2D eigenvalue weighted by molar-refractivity contribution is -0.147. The molecule has 0 saturated heterocycles. The Bertz CT molecular complexity index is 267. The van der Waals surface area contributed by atoms with Crippen LogP contribution >= 0.6 is 11.6 Å². The Labute approximate surface area is 75.1 Å². The Morgan fingerprint density at radius 3 is 2.33 bits per heavy atom. The molecule has 0 bridgehead atoms. The van der Waals surface area contributed by atoms with Crippen LogP contribution in [-0.2, 0) is 14.4 Å². The van der Waals surface area contributed by atoms with Gasteiger partial charge < -0.3 is 0 Å². The van der Waals surface area contributed by atoms with Crippen molar-refractivity contribution in [1.29, 1.82) is 0 Å². The van der Waals surface area contributed by atoms with Gasteiger partial charge in [0.15, 0.2) is 11.2 Å². The molecule has 1 atom stereocenters. The maximum atomic E-state index is 11.2. The molecule has 0 aromatic carbocycles. The monoisotopic (exact) mass is 188 g/mol. The molecule has 0 aromatic rings. The Morgan fingerprint density at radius 2 is 1.83 bits per heavy atom. The van der Waals surface area contributed by atoms with E-state index in [0.29, 0.717) is 0 Å². The number of Topliss-reactive ketones (excluding diaryl/α,β-unsaturated/α-hetero) is 3. The minimum Gasteiger partial charge on any atom is -0.297 e. The summed E-state index contributed by atoms with van der Waals surface area (Å²) in [6.07, 6.45) is 0.0612. The number of ketones is 3. The molecule has 4 heteroatoms. The summed E-state index contributed by atoms with van der Waals surface area (Å²) in [5.74, 6) is -1.66. The summed E-state index contributed by atoms with van der Waals surface area (Å²) >= 11 is 5.42. The van der Waals surface area contributed by atoms with E-state index < -0.39 is 22.4 Å². The summed E-state index contributed by atoms with van der Waals surface area (Å²) in [7, 11) is 0. The normalized spacial score (nSPS) is 29.2. The van der Waals surface area contributed by atoms with E-state index in [4.69, 9.17) is 11.6 Å². The first-order valence-corrected chi connectivity index (χ1v) is 4.05. The highest BCUT2D eigenvalue weighted by atomic mass is 35.5. The number of hydrogen-bond donors (Lipinski definition) is 0. The Balaban J connectivity index is 3.01. The molecule has 1 rings (SSSR count). The van der Waals surface area contributed by atoms with Crippen LogP contribution in [0.3, 0.4) is 0 Å². The quantitative estimate of drug-likeness (QED) is 0.320. The smallest absolute Gasteiger partial charge is 0.224 e. The minimum atomic E-state index is -1.24. The third-order valence-electron chi connectivity index (χ3n) is 1.97. The van der Waals surface area contributed by atoms with Gasteiger partial charge in [-0.15, -0.1) is 11.6 Å². The van der Waals surface area contributed by atoms with E-state index in [-0.39, 0.29) is 12.2 Å². The average molecular weight is 189 g/mol. The molecule has 0 spiro atoms. The van der Waals surface area contributed by atoms with E-state index in [1.807, 2.05) is 0 Å². The first-order chi connectivity index (χ1) is 5.36. The van der Waals surface area contributed by atoms with Crippen LogP contribution in [0.4, 0.5) is 0 Å². The van der Waals surface area contributed by atoms with Crippen LogP contribution in [0, 0.1) is 5.41 Å². The second-order valence-electron chi connectivity index (χ2n) is 3.58. The van der Waals surface area contributed by atoms with E-state index in [1.54, 1.807) is 13.8 Å². The highest BCUT2D eigenvalue weighted by Crippen LogP contribution is 2.30. The Hall–Kier alpha value is -0.700. The third kappa shape index (κ3) is 1.29. The highest BCUT2D eigenvalue weighted by Gasteiger charge is 2.45. The van der Waals surface area contributed by atoms with Gasteiger partial charge >= 0.3 is 0 Å². The predicted octanol–water partition coefficient (Wildman–Crippen LogP) is 0.731. The zero-order valence-corrected chi connectivity index (χ0v) is 7.64. The van der Waals surface area contributed by atoms with Crippen molar-refractivity contribution in [3.05, 3.63) is 0 Å². The fraction of sp³-hybridized carbons (Fsp3) is 0.625. The van der Waals surface area contributed by atoms with Crippen molar-refractivity contribution in [3.8, 4) is 0 Å². The molecule has 3 nitrogen and oxygen atoms in total. The molecule has 0 N–H and O–H groups in total. The third-order valence-corrected chi connectivity index (χ3v) is 2.41. The van der Waals surface area contributed by atoms with Gasteiger partial charge in [0.05, 0.1) is 0 Å². The molecule has 0 radical (unpaired) electrons. The van der Waals surface area contributed by atoms with Gasteiger partial charge in [-0.1, -0.05) is 13.8 Å². The number of halogens is 1. The van der Waals surface area contributed by atoms with E-state index in [0.717, 1.165) is 0 Å². The lowest BCUT2D eigenvalue weighted by Crippen LogP contribution is -2.47. The molecule has 1 aliphatic rings. The van der Waals surface area contributed by atoms with E-state index in [9.17, 15) is 14.4 Å². The first-order valence-electron chi connectivity index (χ1n) is 3.62. The Kier molecular flexibility index (Phi) is 2.08. The molecule has 1 aliphatic carbocycles. The summed E-state index contributed by atoms with van der Waals surface area (Å²) < 4.78 is 0. The summed E-state index contributed by atoms with van der Waals surface area (Å²) in [6.45, 7) is 3.15. The number of hydrogen-bond acceptors (Lipinski definition) is 3. The number of alkyl halides is 1. The molecule has 12 heavy (non-hydrogen) atoms. The van der Waals surface area contributed by atoms with Gasteiger partial charge in [-0.25, -0.2) is 0 Å². The van der Waals surface area contributed by atoms with Crippen molar-refractivity contribution in [2.75, 3.05) is 0 Å². The molecular formula is C8H9ClO3. The fourth-order valence-electron chi connectivity index (χ4n) is 1.20. The zero-order chi connectivity index (χ0) is 9.52. The van der Waals surface area contributed by atoms with Crippen molar-refractivity contribution < 1.29 is 14.4 Å². The van der Waals surface area contributed by atoms with Crippen LogP contribution in [0.5, 0.6) is 0 Å². The van der Waals surface area contributed by atoms with Crippen molar-refractivity contribution in [3.63, 3.8) is 0 Å². The van der Waals surface area contributed by atoms with Crippen LogP contribution in [0.25, 0.3) is 0 Å². The van der Waals surface area contributed by atoms with Crippen LogP contribution in [-0.4, -0.2) is 22.7 Å². The van der Waals surface area contributed by atoms with E-state index in [1.165, 1.54) is 0 Å². The second-order valence-corrected chi connectivity index (χ2v) is 4.02. The van der Waals surface area contributed by atoms with Crippen molar-refractivity contribution in [1.82, 2.24) is 0 Å². The number of carbonyl (C=O) groups excluding carboxylic acids is 3. The van der Waals surface area contributed by atoms with Crippen LogP contribution in [0.1, 0.15) is 20.3 Å². The summed E-state index contributed by atoms with van der Waals surface area (Å²) in [6, 6.07) is 0. The topological polar surface area (TPSA) is 51.2 Å². The van der Waals surface area contributed by atoms with Gasteiger partial charge in [-0.2, -0.15) is 0 Å². The number of rotatable bonds is 0. The lowest BCUT2D eigenvalue weighted by atomic mass is 9.75. The maximum absolute atomic E-state index is 11.2. The molecule has 1 fully saturated rings. The van der Waals surface area contributed by atoms with Gasteiger partial charge in [0.25, 0.3) is 0 Å². The molecular weight excluding hydrogens is 180 g/mol. The van der Waals surface area contributed by atoms with Gasteiger partial charge in [0.1, 0.15) is 0 Å². The fourth-order valence-corrected chi connectivity index (χ4v) is 1.38. The van der Waals surface area contributed by atoms with E-state index in [2.05, 4.69) is 0 Å². The van der Waals surface area contributed by atoms with Crippen molar-refractivity contribution in [2.45, 2.75) is 25.6 Å². The van der Waals surface area contributed by atoms with Crippen molar-refractivity contribution in [2.24, 2.45) is 5.41 Å². The minimum absolute atomic E-state index is 0.0612. The SMILES string of the molecule is CC1(C)CC(=O)C(Cl)C(=O)C1=O. The molecule has 1 unspecified atom stereocenters. The van der Waals surface area contributed by atoms with E-state index >= 15 is 0 Å². The molecule has 0 amide bonds. The molecule has 1 saturated carbocycles. The van der Waals surface area contributed by atoms with Crippen molar-refractivity contribution >= 4 is 29.0 Å². The second kappa shape index (κ2) is 2.66. The highest BCUT2D eigenvalue weighted by molar-refractivity contribution is 6.58. The zero-order valence-electron chi connectivity index (χ0n) is 6.89. The first kappa shape index (κ1) is 9.39. The molecule has 0 aliphatic heterocycles. The summed E-state index contributed by atoms with van der Waals surface area (Å²) in [5, 5.41) is -1.24. The summed E-state index contributed by atoms with van der Waals surface area (Å²) in [5.41, 5.74) is -0.862. The molecule has 0 aromatic heterocycles. The average Bonchev–Trinajstić information content (AvgIpc) is 1.97. The van der Waals surface area contributed by atoms with Gasteiger partial charge in [0.2, 0.25) is 11.6 Å². The van der Waals surface area contributed by atoms with Gasteiger partial charge in [-0.3, -0.25) is 14.4 Å². The standard InChI is InChI=1S/C8H9ClO3/c1-8(2)3-4(10)5(9)6(11)7(8)12/h5H,3H2,1-2H3. The summed E-state index contributed by atoms with van der Waals surface area (Å²) in [4.78, 5) is 33.3. The predicted molar refractivity (Wildman–Crippen MR) is 43.1 cm³/mol. The van der Waals surface area contributed by atoms with Crippen LogP contribution < -0.4 is 0 Å². The van der Waals surface area contributed by atoms with Gasteiger partial charge in [-0.05, 0) is 0 Å². The number of carbonyl (C=O) groups is 3. The largest absolute Gasteiger partial charge is 0.297 e. The lowest BCUT2D eigenvalue weighted by Gasteiger charge is -2.27. The van der Waals surface area contributed by atoms with Crippen LogP contribution in [0.15, 0.2) is 0 Å². The van der Waals surface area contributed by atoms with Crippen LogP contribution in [0.2, 0.25) is 0 Å². The molecule has 0 heterocycles.